The van der Waals surface area contributed by atoms with Gasteiger partial charge in [-0.05, 0) is 30.3 Å². The number of ether oxygens (including phenoxy) is 2. The van der Waals surface area contributed by atoms with E-state index >= 15 is 0 Å². The molecule has 6 heteroatoms. The Morgan fingerprint density at radius 3 is 2.20 bits per heavy atom. The maximum Gasteiger partial charge on any atom is 0.253 e. The summed E-state index contributed by atoms with van der Waals surface area (Å²) >= 11 is 0. The van der Waals surface area contributed by atoms with Crippen molar-refractivity contribution in [2.24, 2.45) is 0 Å². The highest BCUT2D eigenvalue weighted by Crippen LogP contribution is 2.28. The first-order valence-corrected chi connectivity index (χ1v) is 10.9. The zero-order valence-corrected chi connectivity index (χ0v) is 18.0. The van der Waals surface area contributed by atoms with E-state index in [9.17, 15) is 4.79 Å². The summed E-state index contributed by atoms with van der Waals surface area (Å²) < 4.78 is 10.6. The molecule has 2 aromatic carbocycles. The van der Waals surface area contributed by atoms with Crippen LogP contribution in [0.25, 0.3) is 0 Å². The van der Waals surface area contributed by atoms with E-state index in [1.54, 1.807) is 31.3 Å². The van der Waals surface area contributed by atoms with Crippen LogP contribution in [0.1, 0.15) is 23.2 Å². The lowest BCUT2D eigenvalue weighted by Crippen LogP contribution is -3.18. The molecule has 2 saturated heterocycles. The maximum absolute atomic E-state index is 13.0. The highest BCUT2D eigenvalue weighted by Gasteiger charge is 2.32. The summed E-state index contributed by atoms with van der Waals surface area (Å²) in [6, 6.07) is 16.7. The fourth-order valence-electron chi connectivity index (χ4n) is 4.74. The van der Waals surface area contributed by atoms with E-state index in [-0.39, 0.29) is 5.91 Å². The molecule has 2 aromatic rings. The third-order valence-electron chi connectivity index (χ3n) is 6.52. The van der Waals surface area contributed by atoms with Gasteiger partial charge in [0.25, 0.3) is 5.91 Å². The summed E-state index contributed by atoms with van der Waals surface area (Å²) in [6.45, 7) is 6.19. The fourth-order valence-corrected chi connectivity index (χ4v) is 4.74. The smallest absolute Gasteiger partial charge is 0.253 e. The Hall–Kier alpha value is -2.73. The average molecular weight is 411 g/mol. The predicted octanol–water partition coefficient (Wildman–Crippen LogP) is 1.71. The number of methoxy groups -OCH3 is 2. The molecule has 0 aliphatic carbocycles. The Kier molecular flexibility index (Phi) is 6.43. The van der Waals surface area contributed by atoms with Gasteiger partial charge in [0.15, 0.2) is 11.5 Å². The minimum absolute atomic E-state index is 0.0818. The van der Waals surface area contributed by atoms with Gasteiger partial charge in [-0.2, -0.15) is 0 Å². The second kappa shape index (κ2) is 9.39. The highest BCUT2D eigenvalue weighted by molar-refractivity contribution is 5.95. The third kappa shape index (κ3) is 4.38. The number of para-hydroxylation sites is 1. The molecule has 0 saturated carbocycles. The van der Waals surface area contributed by atoms with E-state index in [0.717, 1.165) is 39.0 Å². The topological polar surface area (TPSA) is 46.5 Å². The number of hydrogen-bond donors (Lipinski definition) is 1. The van der Waals surface area contributed by atoms with E-state index in [0.29, 0.717) is 23.1 Å². The number of carbonyl (C=O) groups is 1. The largest absolute Gasteiger partial charge is 0.493 e. The molecule has 0 bridgehead atoms. The SMILES string of the molecule is COc1ccc(C(=O)N2CCC([NH+]3CCN(c4ccccc4)CC3)CC2)cc1OC. The normalized spacial score (nSPS) is 18.3. The van der Waals surface area contributed by atoms with Gasteiger partial charge < -0.3 is 24.2 Å². The summed E-state index contributed by atoms with van der Waals surface area (Å²) in [4.78, 5) is 19.1. The van der Waals surface area contributed by atoms with Gasteiger partial charge in [-0.1, -0.05) is 18.2 Å². The number of carbonyl (C=O) groups excluding carboxylic acids is 1. The first kappa shape index (κ1) is 20.5. The van der Waals surface area contributed by atoms with Crippen LogP contribution in [0.5, 0.6) is 11.5 Å². The van der Waals surface area contributed by atoms with Crippen molar-refractivity contribution in [1.82, 2.24) is 4.90 Å². The number of likely N-dealkylation sites (tertiary alicyclic amines) is 1. The van der Waals surface area contributed by atoms with E-state index in [2.05, 4.69) is 35.2 Å². The second-order valence-corrected chi connectivity index (χ2v) is 8.12. The number of piperazine rings is 1. The van der Waals surface area contributed by atoms with Crippen LogP contribution >= 0.6 is 0 Å². The van der Waals surface area contributed by atoms with Crippen molar-refractivity contribution < 1.29 is 19.2 Å². The number of piperidine rings is 1. The predicted molar refractivity (Wildman–Crippen MR) is 118 cm³/mol. The second-order valence-electron chi connectivity index (χ2n) is 8.12. The Morgan fingerprint density at radius 2 is 1.57 bits per heavy atom. The van der Waals surface area contributed by atoms with Gasteiger partial charge in [0, 0.05) is 37.2 Å². The monoisotopic (exact) mass is 410 g/mol. The Morgan fingerprint density at radius 1 is 0.900 bits per heavy atom. The minimum atomic E-state index is 0.0818. The molecular formula is C24H32N3O3+. The summed E-state index contributed by atoms with van der Waals surface area (Å²) in [5, 5.41) is 0. The molecule has 0 radical (unpaired) electrons. The lowest BCUT2D eigenvalue weighted by atomic mass is 10.0. The molecule has 1 amide bonds. The molecule has 0 spiro atoms. The Bertz CT molecular complexity index is 842. The van der Waals surface area contributed by atoms with Crippen molar-refractivity contribution in [2.75, 3.05) is 58.4 Å². The van der Waals surface area contributed by atoms with Crippen LogP contribution in [-0.4, -0.2) is 70.3 Å². The van der Waals surface area contributed by atoms with E-state index in [1.807, 2.05) is 11.0 Å². The molecule has 0 aromatic heterocycles. The zero-order chi connectivity index (χ0) is 20.9. The van der Waals surface area contributed by atoms with E-state index < -0.39 is 0 Å². The van der Waals surface area contributed by atoms with Crippen LogP contribution in [0.2, 0.25) is 0 Å². The number of hydrogen-bond acceptors (Lipinski definition) is 4. The van der Waals surface area contributed by atoms with Gasteiger partial charge in [0.05, 0.1) is 46.4 Å². The number of amides is 1. The fraction of sp³-hybridized carbons (Fsp3) is 0.458. The molecule has 2 aliphatic rings. The van der Waals surface area contributed by atoms with Crippen molar-refractivity contribution in [3.63, 3.8) is 0 Å². The molecule has 160 valence electrons. The number of rotatable bonds is 5. The molecule has 2 fully saturated rings. The van der Waals surface area contributed by atoms with Gasteiger partial charge in [-0.25, -0.2) is 0 Å². The number of quaternary nitrogens is 1. The lowest BCUT2D eigenvalue weighted by molar-refractivity contribution is -0.927. The van der Waals surface area contributed by atoms with E-state index in [4.69, 9.17) is 9.47 Å². The van der Waals surface area contributed by atoms with Crippen LogP contribution < -0.4 is 19.3 Å². The van der Waals surface area contributed by atoms with Crippen LogP contribution in [0, 0.1) is 0 Å². The zero-order valence-electron chi connectivity index (χ0n) is 18.0. The van der Waals surface area contributed by atoms with Gasteiger partial charge >= 0.3 is 0 Å². The number of benzene rings is 2. The first-order chi connectivity index (χ1) is 14.7. The van der Waals surface area contributed by atoms with Gasteiger partial charge in [0.2, 0.25) is 0 Å². The van der Waals surface area contributed by atoms with Crippen molar-refractivity contribution in [1.29, 1.82) is 0 Å². The summed E-state index contributed by atoms with van der Waals surface area (Å²) in [5.41, 5.74) is 1.99. The standard InChI is InChI=1S/C24H31N3O3/c1-29-22-9-8-19(18-23(22)30-2)24(28)27-12-10-21(11-13-27)26-16-14-25(15-17-26)20-6-4-3-5-7-20/h3-9,18,21H,10-17H2,1-2H3/p+1. The molecule has 1 N–H and O–H groups in total. The maximum atomic E-state index is 13.0. The van der Waals surface area contributed by atoms with Crippen LogP contribution in [0.15, 0.2) is 48.5 Å². The van der Waals surface area contributed by atoms with E-state index in [1.165, 1.54) is 18.8 Å². The summed E-state index contributed by atoms with van der Waals surface area (Å²) in [6.07, 6.45) is 2.14. The highest BCUT2D eigenvalue weighted by atomic mass is 16.5. The Balaban J connectivity index is 1.29. The van der Waals surface area contributed by atoms with Gasteiger partial charge in [0.1, 0.15) is 0 Å². The van der Waals surface area contributed by atoms with Crippen molar-refractivity contribution in [3.05, 3.63) is 54.1 Å². The number of anilines is 1. The lowest BCUT2D eigenvalue weighted by Gasteiger charge is -2.41. The first-order valence-electron chi connectivity index (χ1n) is 10.9. The Labute approximate surface area is 179 Å². The van der Waals surface area contributed by atoms with Crippen LogP contribution in [-0.2, 0) is 0 Å². The van der Waals surface area contributed by atoms with Crippen molar-refractivity contribution in [3.8, 4) is 11.5 Å². The minimum Gasteiger partial charge on any atom is -0.493 e. The molecule has 2 heterocycles. The molecule has 30 heavy (non-hydrogen) atoms. The number of nitrogens with one attached hydrogen (secondary N) is 1. The van der Waals surface area contributed by atoms with Crippen LogP contribution in [0.4, 0.5) is 5.69 Å². The molecular weight excluding hydrogens is 378 g/mol. The van der Waals surface area contributed by atoms with Gasteiger partial charge in [-0.15, -0.1) is 0 Å². The molecule has 0 atom stereocenters. The quantitative estimate of drug-likeness (QED) is 0.815. The number of nitrogens with zero attached hydrogens (tertiary/aromatic N) is 2. The van der Waals surface area contributed by atoms with Crippen LogP contribution in [0.3, 0.4) is 0 Å². The van der Waals surface area contributed by atoms with Gasteiger partial charge in [-0.3, -0.25) is 4.79 Å². The molecule has 2 aliphatic heterocycles. The molecule has 0 unspecified atom stereocenters. The average Bonchev–Trinajstić information content (AvgIpc) is 2.84. The summed E-state index contributed by atoms with van der Waals surface area (Å²) in [5.74, 6) is 1.32. The molecule has 6 nitrogen and oxygen atoms in total. The molecule has 4 rings (SSSR count). The third-order valence-corrected chi connectivity index (χ3v) is 6.52. The summed E-state index contributed by atoms with van der Waals surface area (Å²) in [7, 11) is 3.20. The van der Waals surface area contributed by atoms with Crippen molar-refractivity contribution in [2.45, 2.75) is 18.9 Å². The van der Waals surface area contributed by atoms with Crippen molar-refractivity contribution >= 4 is 11.6 Å².